The van der Waals surface area contributed by atoms with Crippen LogP contribution in [0.15, 0.2) is 16.5 Å². The number of alkyl halides is 2. The number of carbonyl (C=O) groups excluding carboxylic acids is 1. The highest BCUT2D eigenvalue weighted by Crippen LogP contribution is 2.21. The number of amides is 1. The van der Waals surface area contributed by atoms with Gasteiger partial charge in [-0.3, -0.25) is 9.63 Å². The van der Waals surface area contributed by atoms with Crippen molar-refractivity contribution in [2.75, 3.05) is 6.61 Å². The molecule has 100 valence electrons. The van der Waals surface area contributed by atoms with Gasteiger partial charge < -0.3 is 9.52 Å². The van der Waals surface area contributed by atoms with Crippen molar-refractivity contribution in [2.45, 2.75) is 11.5 Å². The molecule has 0 aromatic carbocycles. The number of hydrogen-bond donors (Lipinski definition) is 2. The molecular formula is C9H9F2NO5S. The Bertz CT molecular complexity index is 423. The van der Waals surface area contributed by atoms with Gasteiger partial charge in [0, 0.05) is 0 Å². The standard InChI is InChI=1S/C9H9F2NO5S/c10-9(11)18-4-5-1-2-6(17-5)8(15)12-16-3-7(13)14/h1-2,9H,3-4H2,(H,12,15)(H,13,14). The lowest BCUT2D eigenvalue weighted by molar-refractivity contribution is -0.144. The van der Waals surface area contributed by atoms with Crippen LogP contribution in [0, 0.1) is 0 Å². The average Bonchev–Trinajstić information content (AvgIpc) is 2.74. The van der Waals surface area contributed by atoms with E-state index in [1.54, 1.807) is 0 Å². The highest BCUT2D eigenvalue weighted by atomic mass is 32.2. The maximum absolute atomic E-state index is 11.9. The molecule has 1 rings (SSSR count). The van der Waals surface area contributed by atoms with Gasteiger partial charge in [-0.15, -0.1) is 0 Å². The number of hydroxylamine groups is 1. The third-order valence-electron chi connectivity index (χ3n) is 1.60. The molecule has 0 saturated carbocycles. The van der Waals surface area contributed by atoms with E-state index in [0.717, 1.165) is 0 Å². The average molecular weight is 281 g/mol. The number of carboxylic acids is 1. The van der Waals surface area contributed by atoms with Gasteiger partial charge in [0.1, 0.15) is 5.76 Å². The first kappa shape index (κ1) is 14.5. The minimum atomic E-state index is -2.52. The van der Waals surface area contributed by atoms with Gasteiger partial charge in [-0.25, -0.2) is 10.3 Å². The van der Waals surface area contributed by atoms with Crippen molar-refractivity contribution in [3.05, 3.63) is 23.7 Å². The molecule has 0 radical (unpaired) electrons. The van der Waals surface area contributed by atoms with E-state index in [1.165, 1.54) is 12.1 Å². The quantitative estimate of drug-likeness (QED) is 0.736. The highest BCUT2D eigenvalue weighted by molar-refractivity contribution is 7.98. The van der Waals surface area contributed by atoms with Crippen molar-refractivity contribution < 1.29 is 32.7 Å². The van der Waals surface area contributed by atoms with Gasteiger partial charge in [-0.05, 0) is 12.1 Å². The number of aliphatic carboxylic acids is 1. The van der Waals surface area contributed by atoms with Crippen LogP contribution in [0.2, 0.25) is 0 Å². The Morgan fingerprint density at radius 2 is 2.22 bits per heavy atom. The normalized spacial score (nSPS) is 10.6. The summed E-state index contributed by atoms with van der Waals surface area (Å²) >= 11 is 0.363. The highest BCUT2D eigenvalue weighted by Gasteiger charge is 2.13. The summed E-state index contributed by atoms with van der Waals surface area (Å²) in [5.41, 5.74) is 1.84. The van der Waals surface area contributed by atoms with Crippen LogP contribution in [0.25, 0.3) is 0 Å². The van der Waals surface area contributed by atoms with E-state index in [-0.39, 0.29) is 17.3 Å². The Balaban J connectivity index is 2.41. The number of halogens is 2. The first-order chi connectivity index (χ1) is 8.49. The third-order valence-corrected chi connectivity index (χ3v) is 2.30. The summed E-state index contributed by atoms with van der Waals surface area (Å²) in [6.07, 6.45) is 0. The van der Waals surface area contributed by atoms with Crippen molar-refractivity contribution >= 4 is 23.6 Å². The van der Waals surface area contributed by atoms with Crippen LogP contribution in [-0.2, 0) is 15.4 Å². The number of carboxylic acid groups (broad SMARTS) is 1. The number of nitrogens with one attached hydrogen (secondary N) is 1. The lowest BCUT2D eigenvalue weighted by Gasteiger charge is -2.01. The molecule has 0 spiro atoms. The topological polar surface area (TPSA) is 88.8 Å². The lowest BCUT2D eigenvalue weighted by atomic mass is 10.4. The first-order valence-corrected chi connectivity index (χ1v) is 5.66. The van der Waals surface area contributed by atoms with E-state index in [4.69, 9.17) is 9.52 Å². The van der Waals surface area contributed by atoms with E-state index in [1.807, 2.05) is 5.48 Å². The molecule has 0 aliphatic rings. The molecule has 0 saturated heterocycles. The molecular weight excluding hydrogens is 272 g/mol. The summed E-state index contributed by atoms with van der Waals surface area (Å²) in [6, 6.07) is 2.66. The molecule has 0 fully saturated rings. The second kappa shape index (κ2) is 6.97. The zero-order valence-corrected chi connectivity index (χ0v) is 9.71. The van der Waals surface area contributed by atoms with Gasteiger partial charge in [-0.1, -0.05) is 11.8 Å². The summed E-state index contributed by atoms with van der Waals surface area (Å²) in [5, 5.41) is 8.25. The van der Waals surface area contributed by atoms with Gasteiger partial charge in [0.2, 0.25) is 0 Å². The Morgan fingerprint density at radius 3 is 2.83 bits per heavy atom. The number of thioether (sulfide) groups is 1. The fourth-order valence-electron chi connectivity index (χ4n) is 0.936. The zero-order chi connectivity index (χ0) is 13.5. The molecule has 6 nitrogen and oxygen atoms in total. The van der Waals surface area contributed by atoms with Gasteiger partial charge in [0.15, 0.2) is 12.4 Å². The summed E-state index contributed by atoms with van der Waals surface area (Å²) in [6.45, 7) is -0.694. The van der Waals surface area contributed by atoms with Crippen LogP contribution in [-0.4, -0.2) is 29.3 Å². The molecule has 0 aliphatic heterocycles. The minimum absolute atomic E-state index is 0.0685. The monoisotopic (exact) mass is 281 g/mol. The fourth-order valence-corrected chi connectivity index (χ4v) is 1.38. The number of rotatable bonds is 7. The fraction of sp³-hybridized carbons (Fsp3) is 0.333. The van der Waals surface area contributed by atoms with Crippen LogP contribution >= 0.6 is 11.8 Å². The Kier molecular flexibility index (Phi) is 5.59. The van der Waals surface area contributed by atoms with Crippen LogP contribution < -0.4 is 5.48 Å². The van der Waals surface area contributed by atoms with Crippen molar-refractivity contribution in [1.29, 1.82) is 0 Å². The van der Waals surface area contributed by atoms with E-state index in [0.29, 0.717) is 11.8 Å². The first-order valence-electron chi connectivity index (χ1n) is 4.61. The SMILES string of the molecule is O=C(O)CONC(=O)c1ccc(CSC(F)F)o1. The minimum Gasteiger partial charge on any atom is -0.479 e. The summed E-state index contributed by atoms with van der Waals surface area (Å²) in [7, 11) is 0. The van der Waals surface area contributed by atoms with Crippen molar-refractivity contribution in [3.8, 4) is 0 Å². The number of hydrogen-bond acceptors (Lipinski definition) is 5. The van der Waals surface area contributed by atoms with Crippen molar-refractivity contribution in [1.82, 2.24) is 5.48 Å². The maximum Gasteiger partial charge on any atom is 0.332 e. The number of carbonyl (C=O) groups is 2. The predicted molar refractivity (Wildman–Crippen MR) is 57.1 cm³/mol. The van der Waals surface area contributed by atoms with E-state index in [2.05, 4.69) is 4.84 Å². The Morgan fingerprint density at radius 1 is 1.50 bits per heavy atom. The Labute approximate surface area is 104 Å². The largest absolute Gasteiger partial charge is 0.479 e. The van der Waals surface area contributed by atoms with E-state index < -0.39 is 24.2 Å². The smallest absolute Gasteiger partial charge is 0.332 e. The molecule has 18 heavy (non-hydrogen) atoms. The van der Waals surface area contributed by atoms with E-state index >= 15 is 0 Å². The molecule has 0 aliphatic carbocycles. The predicted octanol–water partition coefficient (Wildman–Crippen LogP) is 1.48. The van der Waals surface area contributed by atoms with Crippen molar-refractivity contribution in [3.63, 3.8) is 0 Å². The molecule has 1 aromatic heterocycles. The summed E-state index contributed by atoms with van der Waals surface area (Å²) < 4.78 is 28.7. The molecule has 9 heteroatoms. The molecule has 1 amide bonds. The summed E-state index contributed by atoms with van der Waals surface area (Å²) in [4.78, 5) is 25.7. The Hall–Kier alpha value is -1.61. The maximum atomic E-state index is 11.9. The second-order valence-electron chi connectivity index (χ2n) is 2.95. The van der Waals surface area contributed by atoms with Crippen LogP contribution in [0.4, 0.5) is 8.78 Å². The third kappa shape index (κ3) is 5.15. The summed E-state index contributed by atoms with van der Waals surface area (Å²) in [5.74, 6) is -4.56. The van der Waals surface area contributed by atoms with Gasteiger partial charge >= 0.3 is 11.9 Å². The molecule has 0 bridgehead atoms. The van der Waals surface area contributed by atoms with E-state index in [9.17, 15) is 18.4 Å². The molecule has 2 N–H and O–H groups in total. The van der Waals surface area contributed by atoms with Gasteiger partial charge in [0.05, 0.1) is 5.75 Å². The molecule has 0 atom stereocenters. The second-order valence-corrected chi connectivity index (χ2v) is 3.93. The molecule has 1 aromatic rings. The zero-order valence-electron chi connectivity index (χ0n) is 8.89. The van der Waals surface area contributed by atoms with Crippen LogP contribution in [0.1, 0.15) is 16.3 Å². The van der Waals surface area contributed by atoms with Crippen LogP contribution in [0.5, 0.6) is 0 Å². The van der Waals surface area contributed by atoms with Crippen molar-refractivity contribution in [2.24, 2.45) is 0 Å². The molecule has 1 heterocycles. The number of furan rings is 1. The van der Waals surface area contributed by atoms with Crippen LogP contribution in [0.3, 0.4) is 0 Å². The molecule has 0 unspecified atom stereocenters. The van der Waals surface area contributed by atoms with Gasteiger partial charge in [-0.2, -0.15) is 8.78 Å². The lowest BCUT2D eigenvalue weighted by Crippen LogP contribution is -2.26. The van der Waals surface area contributed by atoms with Gasteiger partial charge in [0.25, 0.3) is 5.76 Å².